The maximum absolute atomic E-state index is 11.2. The normalized spacial score (nSPS) is 10.9. The Morgan fingerprint density at radius 1 is 1.44 bits per heavy atom. The average Bonchev–Trinajstić information content (AvgIpc) is 2.28. The molecule has 1 rings (SSSR count). The molecule has 0 radical (unpaired) electrons. The zero-order valence-corrected chi connectivity index (χ0v) is 10.8. The Hall–Kier alpha value is -0.780. The summed E-state index contributed by atoms with van der Waals surface area (Å²) in [6.07, 6.45) is 0. The van der Waals surface area contributed by atoms with Gasteiger partial charge in [0.1, 0.15) is 4.51 Å². The predicted octanol–water partition coefficient (Wildman–Crippen LogP) is 0.633. The maximum atomic E-state index is 11.2. The van der Waals surface area contributed by atoms with Crippen LogP contribution < -0.4 is 15.6 Å². The minimum atomic E-state index is 0.00736. The minimum Gasteiger partial charge on any atom is -0.378 e. The van der Waals surface area contributed by atoms with E-state index in [2.05, 4.69) is 5.32 Å². The van der Waals surface area contributed by atoms with Crippen LogP contribution in [0, 0.1) is 11.4 Å². The summed E-state index contributed by atoms with van der Waals surface area (Å²) in [5, 5.41) is 3.01. The van der Waals surface area contributed by atoms with Crippen molar-refractivity contribution < 1.29 is 4.74 Å². The summed E-state index contributed by atoms with van der Waals surface area (Å²) < 4.78 is 5.86. The number of rotatable bonds is 7. The first-order valence-corrected chi connectivity index (χ1v) is 5.73. The standard InChI is InChI=1S/C11H18N2O2S/c1-8-9(11(16)10(8)14)13(3)5-7-15-6-4-12-2/h12H,4-7H2,1-3H3. The molecule has 0 amide bonds. The molecule has 0 fully saturated rings. The molecule has 1 N–H and O–H groups in total. The van der Waals surface area contributed by atoms with Gasteiger partial charge in [0.2, 0.25) is 5.43 Å². The molecule has 5 heteroatoms. The molecule has 0 atom stereocenters. The second-order valence-electron chi connectivity index (χ2n) is 3.77. The summed E-state index contributed by atoms with van der Waals surface area (Å²) in [5.74, 6) is 0. The van der Waals surface area contributed by atoms with Crippen molar-refractivity contribution in [1.82, 2.24) is 5.32 Å². The number of anilines is 1. The van der Waals surface area contributed by atoms with Gasteiger partial charge in [-0.05, 0) is 14.0 Å². The molecule has 0 aliphatic rings. The van der Waals surface area contributed by atoms with Crippen molar-refractivity contribution in [2.75, 3.05) is 45.3 Å². The zero-order valence-electron chi connectivity index (χ0n) is 10.0. The molecule has 0 saturated carbocycles. The molecule has 0 aromatic heterocycles. The van der Waals surface area contributed by atoms with Crippen molar-refractivity contribution in [2.45, 2.75) is 6.92 Å². The summed E-state index contributed by atoms with van der Waals surface area (Å²) in [7, 11) is 3.82. The quantitative estimate of drug-likeness (QED) is 0.561. The van der Waals surface area contributed by atoms with E-state index in [4.69, 9.17) is 17.0 Å². The van der Waals surface area contributed by atoms with Crippen molar-refractivity contribution in [2.24, 2.45) is 0 Å². The number of hydrogen-bond donors (Lipinski definition) is 1. The lowest BCUT2D eigenvalue weighted by atomic mass is 10.1. The lowest BCUT2D eigenvalue weighted by molar-refractivity contribution is 0.144. The summed E-state index contributed by atoms with van der Waals surface area (Å²) in [6, 6.07) is 0. The van der Waals surface area contributed by atoms with E-state index in [1.807, 2.05) is 25.9 Å². The molecule has 0 saturated heterocycles. The highest BCUT2D eigenvalue weighted by atomic mass is 32.1. The third-order valence-electron chi connectivity index (χ3n) is 2.57. The second-order valence-corrected chi connectivity index (χ2v) is 4.18. The zero-order chi connectivity index (χ0) is 12.1. The number of nitrogens with one attached hydrogen (secondary N) is 1. The van der Waals surface area contributed by atoms with Gasteiger partial charge in [0.25, 0.3) is 0 Å². The van der Waals surface area contributed by atoms with Crippen LogP contribution in [0.25, 0.3) is 0 Å². The lowest BCUT2D eigenvalue weighted by Crippen LogP contribution is -2.30. The highest BCUT2D eigenvalue weighted by molar-refractivity contribution is 7.71. The van der Waals surface area contributed by atoms with Gasteiger partial charge in [0, 0.05) is 25.7 Å². The first-order chi connectivity index (χ1) is 7.59. The Balaban J connectivity index is 2.34. The van der Waals surface area contributed by atoms with Gasteiger partial charge in [-0.2, -0.15) is 0 Å². The van der Waals surface area contributed by atoms with Crippen LogP contribution in [0.3, 0.4) is 0 Å². The van der Waals surface area contributed by atoms with Gasteiger partial charge in [-0.25, -0.2) is 0 Å². The van der Waals surface area contributed by atoms with Gasteiger partial charge in [0.15, 0.2) is 0 Å². The van der Waals surface area contributed by atoms with E-state index in [1.165, 1.54) is 0 Å². The van der Waals surface area contributed by atoms with E-state index >= 15 is 0 Å². The van der Waals surface area contributed by atoms with Crippen LogP contribution in [-0.2, 0) is 4.74 Å². The van der Waals surface area contributed by atoms with Crippen molar-refractivity contribution in [3.63, 3.8) is 0 Å². The van der Waals surface area contributed by atoms with Gasteiger partial charge in [-0.3, -0.25) is 4.79 Å². The van der Waals surface area contributed by atoms with Crippen LogP contribution in [0.1, 0.15) is 5.56 Å². The molecule has 1 aromatic carbocycles. The third-order valence-corrected chi connectivity index (χ3v) is 2.95. The SMILES string of the molecule is CNCCOCCN(C)c1c(C)c(=O)c1=S. The third kappa shape index (κ3) is 2.87. The maximum Gasteiger partial charge on any atom is 0.203 e. The molecule has 0 unspecified atom stereocenters. The fourth-order valence-electron chi connectivity index (χ4n) is 1.54. The van der Waals surface area contributed by atoms with Crippen LogP contribution in [0.5, 0.6) is 0 Å². The van der Waals surface area contributed by atoms with Gasteiger partial charge in [-0.15, -0.1) is 0 Å². The molecule has 90 valence electrons. The Bertz CT molecular complexity index is 410. The van der Waals surface area contributed by atoms with E-state index < -0.39 is 0 Å². The van der Waals surface area contributed by atoms with E-state index in [0.29, 0.717) is 17.7 Å². The molecule has 0 aliphatic carbocycles. The van der Waals surface area contributed by atoms with Gasteiger partial charge in [0.05, 0.1) is 18.9 Å². The Labute approximate surface area is 101 Å². The van der Waals surface area contributed by atoms with Crippen molar-refractivity contribution in [3.8, 4) is 0 Å². The first-order valence-electron chi connectivity index (χ1n) is 5.33. The van der Waals surface area contributed by atoms with Crippen LogP contribution in [0.4, 0.5) is 5.69 Å². The van der Waals surface area contributed by atoms with Crippen LogP contribution in [0.15, 0.2) is 4.79 Å². The Morgan fingerprint density at radius 2 is 2.12 bits per heavy atom. The summed E-state index contributed by atoms with van der Waals surface area (Å²) >= 11 is 5.00. The molecule has 0 bridgehead atoms. The average molecular weight is 242 g/mol. The van der Waals surface area contributed by atoms with Gasteiger partial charge >= 0.3 is 0 Å². The molecular weight excluding hydrogens is 224 g/mol. The molecule has 0 spiro atoms. The fraction of sp³-hybridized carbons (Fsp3) is 0.636. The molecule has 16 heavy (non-hydrogen) atoms. The molecule has 0 heterocycles. The van der Waals surface area contributed by atoms with Crippen LogP contribution >= 0.6 is 12.2 Å². The molecule has 4 nitrogen and oxygen atoms in total. The number of likely N-dealkylation sites (N-methyl/N-ethyl adjacent to an activating group) is 2. The highest BCUT2D eigenvalue weighted by Crippen LogP contribution is 2.19. The van der Waals surface area contributed by atoms with E-state index in [9.17, 15) is 4.79 Å². The Kier molecular flexibility index (Phi) is 5.05. The summed E-state index contributed by atoms with van der Waals surface area (Å²) in [5.41, 5.74) is 1.67. The number of ether oxygens (including phenoxy) is 1. The van der Waals surface area contributed by atoms with E-state index in [0.717, 1.165) is 24.3 Å². The molecule has 1 aromatic rings. The van der Waals surface area contributed by atoms with Crippen molar-refractivity contribution in [1.29, 1.82) is 0 Å². The smallest absolute Gasteiger partial charge is 0.203 e. The van der Waals surface area contributed by atoms with Crippen LogP contribution in [0.2, 0.25) is 0 Å². The minimum absolute atomic E-state index is 0.00736. The second kappa shape index (κ2) is 6.08. The first kappa shape index (κ1) is 13.3. The van der Waals surface area contributed by atoms with E-state index in [1.54, 1.807) is 0 Å². The largest absolute Gasteiger partial charge is 0.378 e. The van der Waals surface area contributed by atoms with Crippen LogP contribution in [-0.4, -0.2) is 40.4 Å². The fourth-order valence-corrected chi connectivity index (χ4v) is 2.00. The summed E-state index contributed by atoms with van der Waals surface area (Å²) in [4.78, 5) is 13.2. The lowest BCUT2D eigenvalue weighted by Gasteiger charge is -2.22. The Morgan fingerprint density at radius 3 is 2.69 bits per heavy atom. The van der Waals surface area contributed by atoms with Gasteiger partial charge < -0.3 is 15.0 Å². The molecule has 0 aliphatic heterocycles. The monoisotopic (exact) mass is 242 g/mol. The predicted molar refractivity (Wildman–Crippen MR) is 68.7 cm³/mol. The number of hydrogen-bond acceptors (Lipinski definition) is 5. The van der Waals surface area contributed by atoms with Gasteiger partial charge in [-0.1, -0.05) is 12.2 Å². The van der Waals surface area contributed by atoms with Crippen molar-refractivity contribution >= 4 is 17.9 Å². The topological polar surface area (TPSA) is 41.6 Å². The molecular formula is C11H18N2O2S. The highest BCUT2D eigenvalue weighted by Gasteiger charge is 2.16. The summed E-state index contributed by atoms with van der Waals surface area (Å²) in [6.45, 7) is 4.76. The van der Waals surface area contributed by atoms with Crippen molar-refractivity contribution in [3.05, 3.63) is 20.3 Å². The van der Waals surface area contributed by atoms with E-state index in [-0.39, 0.29) is 5.43 Å². The number of nitrogens with zero attached hydrogens (tertiary/aromatic N) is 1.